The number of nitrogens with one attached hydrogen (secondary N) is 2. The summed E-state index contributed by atoms with van der Waals surface area (Å²) < 4.78 is 0. The number of carbonyl (C=O) groups is 1. The number of amides is 1. The maximum Gasteiger partial charge on any atom is 0.272 e. The van der Waals surface area contributed by atoms with E-state index in [1.54, 1.807) is 0 Å². The predicted octanol–water partition coefficient (Wildman–Crippen LogP) is 1.94. The van der Waals surface area contributed by atoms with Crippen molar-refractivity contribution in [1.82, 2.24) is 25.5 Å². The topological polar surface area (TPSA) is 83.6 Å². The lowest BCUT2D eigenvalue weighted by Gasteiger charge is -2.01. The van der Waals surface area contributed by atoms with Gasteiger partial charge >= 0.3 is 0 Å². The van der Waals surface area contributed by atoms with E-state index in [9.17, 15) is 4.79 Å². The molecular weight excluding hydrogens is 278 g/mol. The molecule has 0 atom stereocenters. The summed E-state index contributed by atoms with van der Waals surface area (Å²) in [6, 6.07) is 10.7. The van der Waals surface area contributed by atoms with Crippen LogP contribution in [0.1, 0.15) is 16.3 Å². The smallest absolute Gasteiger partial charge is 0.272 e. The van der Waals surface area contributed by atoms with Gasteiger partial charge in [-0.1, -0.05) is 23.7 Å². The molecule has 1 aromatic carbocycles. The van der Waals surface area contributed by atoms with Crippen LogP contribution in [0.25, 0.3) is 11.0 Å². The number of H-pyrrole nitrogens is 1. The fourth-order valence-electron chi connectivity index (χ4n) is 1.78. The van der Waals surface area contributed by atoms with Crippen molar-refractivity contribution in [3.05, 3.63) is 53.1 Å². The number of imidazole rings is 1. The van der Waals surface area contributed by atoms with Gasteiger partial charge in [0.1, 0.15) is 5.82 Å². The molecule has 0 saturated carbocycles. The van der Waals surface area contributed by atoms with Crippen molar-refractivity contribution < 1.29 is 4.79 Å². The Balaban J connectivity index is 1.69. The van der Waals surface area contributed by atoms with Crippen LogP contribution >= 0.6 is 11.6 Å². The summed E-state index contributed by atoms with van der Waals surface area (Å²) in [6.07, 6.45) is 0. The largest absolute Gasteiger partial charge is 0.343 e. The number of fused-ring (bicyclic) bond motifs is 1. The summed E-state index contributed by atoms with van der Waals surface area (Å²) in [5.74, 6) is 0.357. The zero-order chi connectivity index (χ0) is 13.9. The van der Waals surface area contributed by atoms with Crippen LogP contribution in [0, 0.1) is 0 Å². The Labute approximate surface area is 119 Å². The Morgan fingerprint density at radius 3 is 2.80 bits per heavy atom. The number of rotatable bonds is 3. The molecule has 3 aromatic rings. The number of aromatic nitrogens is 4. The summed E-state index contributed by atoms with van der Waals surface area (Å²) in [5, 5.41) is 10.3. The molecule has 0 unspecified atom stereocenters. The lowest BCUT2D eigenvalue weighted by Crippen LogP contribution is -2.24. The first kappa shape index (κ1) is 12.6. The zero-order valence-electron chi connectivity index (χ0n) is 10.3. The zero-order valence-corrected chi connectivity index (χ0v) is 11.1. The van der Waals surface area contributed by atoms with E-state index in [0.29, 0.717) is 5.82 Å². The summed E-state index contributed by atoms with van der Waals surface area (Å²) in [7, 11) is 0. The molecule has 0 bridgehead atoms. The number of benzene rings is 1. The van der Waals surface area contributed by atoms with Gasteiger partial charge in [-0.15, -0.1) is 10.2 Å². The summed E-state index contributed by atoms with van der Waals surface area (Å²) >= 11 is 5.61. The fourth-order valence-corrected chi connectivity index (χ4v) is 1.88. The van der Waals surface area contributed by atoms with E-state index in [1.807, 2.05) is 24.3 Å². The van der Waals surface area contributed by atoms with Crippen molar-refractivity contribution >= 4 is 28.5 Å². The summed E-state index contributed by atoms with van der Waals surface area (Å²) in [6.45, 7) is 0.290. The van der Waals surface area contributed by atoms with Crippen LogP contribution < -0.4 is 5.32 Å². The van der Waals surface area contributed by atoms with Crippen molar-refractivity contribution in [2.75, 3.05) is 0 Å². The number of para-hydroxylation sites is 2. The van der Waals surface area contributed by atoms with Crippen LogP contribution in [0.2, 0.25) is 5.15 Å². The molecule has 1 amide bonds. The summed E-state index contributed by atoms with van der Waals surface area (Å²) in [5.41, 5.74) is 2.01. The average Bonchev–Trinajstić information content (AvgIpc) is 2.88. The predicted molar refractivity (Wildman–Crippen MR) is 74.3 cm³/mol. The Morgan fingerprint density at radius 1 is 1.20 bits per heavy atom. The van der Waals surface area contributed by atoms with Gasteiger partial charge in [0, 0.05) is 0 Å². The molecule has 2 heterocycles. The number of hydrogen-bond acceptors (Lipinski definition) is 4. The van der Waals surface area contributed by atoms with E-state index in [-0.39, 0.29) is 23.3 Å². The quantitative estimate of drug-likeness (QED) is 0.771. The van der Waals surface area contributed by atoms with Gasteiger partial charge in [0.25, 0.3) is 5.91 Å². The van der Waals surface area contributed by atoms with E-state index in [0.717, 1.165) is 11.0 Å². The van der Waals surface area contributed by atoms with E-state index < -0.39 is 0 Å². The van der Waals surface area contributed by atoms with Crippen LogP contribution in [0.4, 0.5) is 0 Å². The average molecular weight is 288 g/mol. The highest BCUT2D eigenvalue weighted by Gasteiger charge is 2.09. The molecule has 0 fully saturated rings. The number of hydrogen-bond donors (Lipinski definition) is 2. The molecule has 20 heavy (non-hydrogen) atoms. The van der Waals surface area contributed by atoms with Crippen molar-refractivity contribution in [2.24, 2.45) is 0 Å². The molecule has 7 heteroatoms. The highest BCUT2D eigenvalue weighted by atomic mass is 35.5. The van der Waals surface area contributed by atoms with Crippen LogP contribution in [-0.4, -0.2) is 26.1 Å². The van der Waals surface area contributed by atoms with Crippen molar-refractivity contribution in [1.29, 1.82) is 0 Å². The van der Waals surface area contributed by atoms with Gasteiger partial charge in [0.15, 0.2) is 10.8 Å². The molecule has 0 radical (unpaired) electrons. The van der Waals surface area contributed by atoms with Gasteiger partial charge in [-0.05, 0) is 24.3 Å². The third kappa shape index (κ3) is 2.60. The molecule has 2 aromatic heterocycles. The minimum Gasteiger partial charge on any atom is -0.343 e. The first-order valence-electron chi connectivity index (χ1n) is 5.93. The van der Waals surface area contributed by atoms with Crippen LogP contribution in [-0.2, 0) is 6.54 Å². The number of nitrogens with zero attached hydrogens (tertiary/aromatic N) is 3. The molecule has 0 aliphatic heterocycles. The normalized spacial score (nSPS) is 10.7. The van der Waals surface area contributed by atoms with E-state index in [1.165, 1.54) is 12.1 Å². The van der Waals surface area contributed by atoms with Crippen LogP contribution in [0.15, 0.2) is 36.4 Å². The molecule has 0 saturated heterocycles. The number of carbonyl (C=O) groups excluding carboxylic acids is 1. The second-order valence-electron chi connectivity index (χ2n) is 4.12. The number of aromatic amines is 1. The molecular formula is C13H10ClN5O. The van der Waals surface area contributed by atoms with Crippen LogP contribution in [0.5, 0.6) is 0 Å². The van der Waals surface area contributed by atoms with E-state index >= 15 is 0 Å². The van der Waals surface area contributed by atoms with E-state index in [4.69, 9.17) is 11.6 Å². The lowest BCUT2D eigenvalue weighted by molar-refractivity contribution is 0.0944. The molecule has 6 nitrogen and oxygen atoms in total. The highest BCUT2D eigenvalue weighted by Crippen LogP contribution is 2.10. The van der Waals surface area contributed by atoms with Crippen molar-refractivity contribution in [2.45, 2.75) is 6.54 Å². The minimum atomic E-state index is -0.324. The van der Waals surface area contributed by atoms with Gasteiger partial charge in [0.05, 0.1) is 17.6 Å². The maximum atomic E-state index is 11.8. The molecule has 2 N–H and O–H groups in total. The first-order chi connectivity index (χ1) is 9.72. The van der Waals surface area contributed by atoms with Gasteiger partial charge < -0.3 is 10.3 Å². The van der Waals surface area contributed by atoms with Gasteiger partial charge in [-0.2, -0.15) is 0 Å². The molecule has 0 aliphatic carbocycles. The molecule has 3 rings (SSSR count). The van der Waals surface area contributed by atoms with Gasteiger partial charge in [0.2, 0.25) is 0 Å². The Morgan fingerprint density at radius 2 is 2.05 bits per heavy atom. The minimum absolute atomic E-state index is 0.213. The SMILES string of the molecule is O=C(NCc1nc2ccccc2[nH]1)c1ccc(Cl)nn1. The number of halogens is 1. The Kier molecular flexibility index (Phi) is 3.30. The van der Waals surface area contributed by atoms with E-state index in [2.05, 4.69) is 25.5 Å². The van der Waals surface area contributed by atoms with Crippen molar-refractivity contribution in [3.8, 4) is 0 Å². The monoisotopic (exact) mass is 287 g/mol. The third-order valence-electron chi connectivity index (χ3n) is 2.72. The van der Waals surface area contributed by atoms with Gasteiger partial charge in [-0.25, -0.2) is 4.98 Å². The first-order valence-corrected chi connectivity index (χ1v) is 6.31. The lowest BCUT2D eigenvalue weighted by atomic mass is 10.3. The highest BCUT2D eigenvalue weighted by molar-refractivity contribution is 6.29. The Hall–Kier alpha value is -2.47. The molecule has 100 valence electrons. The third-order valence-corrected chi connectivity index (χ3v) is 2.92. The second kappa shape index (κ2) is 5.26. The second-order valence-corrected chi connectivity index (χ2v) is 4.51. The molecule has 0 aliphatic rings. The van der Waals surface area contributed by atoms with Crippen LogP contribution in [0.3, 0.4) is 0 Å². The fraction of sp³-hybridized carbons (Fsp3) is 0.0769. The Bertz CT molecular complexity index is 720. The van der Waals surface area contributed by atoms with Crippen molar-refractivity contribution in [3.63, 3.8) is 0 Å². The summed E-state index contributed by atoms with van der Waals surface area (Å²) in [4.78, 5) is 19.3. The molecule has 0 spiro atoms. The van der Waals surface area contributed by atoms with Gasteiger partial charge in [-0.3, -0.25) is 4.79 Å². The maximum absolute atomic E-state index is 11.8. The standard InChI is InChI=1S/C13H10ClN5O/c14-11-6-5-10(18-19-11)13(20)15-7-12-16-8-3-1-2-4-9(8)17-12/h1-6H,7H2,(H,15,20)(H,16,17).